The van der Waals surface area contributed by atoms with Crippen LogP contribution in [0.2, 0.25) is 0 Å². The van der Waals surface area contributed by atoms with Crippen LogP contribution in [0.4, 0.5) is 0 Å². The van der Waals surface area contributed by atoms with Crippen molar-refractivity contribution < 1.29 is 33.0 Å². The molecule has 2 aromatic heterocycles. The number of aromatic nitrogens is 2. The van der Waals surface area contributed by atoms with Crippen LogP contribution < -0.4 is 4.74 Å². The summed E-state index contributed by atoms with van der Waals surface area (Å²) >= 11 is 1.61. The van der Waals surface area contributed by atoms with E-state index >= 15 is 0 Å². The molecular weight excluding hydrogens is 895 g/mol. The first-order chi connectivity index (χ1) is 27.5. The topological polar surface area (TPSA) is 61.3 Å². The van der Waals surface area contributed by atoms with Gasteiger partial charge in [0.2, 0.25) is 0 Å². The zero-order valence-corrected chi connectivity index (χ0v) is 37.7. The number of aryl methyl sites for hydroxylation is 2. The number of pyridine rings is 2. The molecule has 56 heavy (non-hydrogen) atoms. The van der Waals surface area contributed by atoms with E-state index in [2.05, 4.69) is 66.4 Å². The van der Waals surface area contributed by atoms with Crippen molar-refractivity contribution in [2.45, 2.75) is 156 Å². The normalized spacial score (nSPS) is 10.9. The molecular formula is C49H67ClN2O3Pt. The average molecular weight is 963 g/mol. The van der Waals surface area contributed by atoms with Gasteiger partial charge in [-0.3, -0.25) is 9.97 Å². The number of unbranched alkanes of at least 4 members (excludes halogenated alkanes) is 18. The third kappa shape index (κ3) is 17.6. The van der Waals surface area contributed by atoms with Crippen molar-refractivity contribution in [1.29, 1.82) is 0 Å². The third-order valence-electron chi connectivity index (χ3n) is 10.4. The standard InChI is InChI=1S/C49H67N2O3.ClH.Pt/c1-5-7-9-11-13-15-17-19-21-23-32-53-48-39(3)34-45(35-40(48)4)43-28-30-46(50-37-43)41-26-25-27-42(36-41)47-31-29-44(38-51-47)49(52)54-33-24-22-20-18-16-14-12-10-8-6-2;;/h25-31,34-35,37-38H,5-24,32-33H2,1-4H3;1H;/q-1;;+2/p-1. The number of halogens is 1. The van der Waals surface area contributed by atoms with Gasteiger partial charge in [0.25, 0.3) is 0 Å². The zero-order valence-electron chi connectivity index (χ0n) is 34.7. The van der Waals surface area contributed by atoms with Gasteiger partial charge < -0.3 is 9.47 Å². The van der Waals surface area contributed by atoms with Crippen LogP contribution in [0.1, 0.15) is 164 Å². The second-order valence-corrected chi connectivity index (χ2v) is 15.1. The first-order valence-electron chi connectivity index (χ1n) is 21.5. The second kappa shape index (κ2) is 29.2. The molecule has 308 valence electrons. The number of hydrogen-bond acceptors (Lipinski definition) is 5. The minimum atomic E-state index is -0.316. The summed E-state index contributed by atoms with van der Waals surface area (Å²) in [7, 11) is 4.61. The molecule has 0 bridgehead atoms. The summed E-state index contributed by atoms with van der Waals surface area (Å²) in [4.78, 5) is 22.0. The van der Waals surface area contributed by atoms with Crippen LogP contribution >= 0.6 is 9.42 Å². The van der Waals surface area contributed by atoms with Crippen LogP contribution in [0.25, 0.3) is 33.6 Å². The fraction of sp³-hybridized carbons (Fsp3) is 0.531. The van der Waals surface area contributed by atoms with Crippen LogP contribution in [-0.4, -0.2) is 29.2 Å². The maximum atomic E-state index is 12.6. The molecule has 4 aromatic rings. The van der Waals surface area contributed by atoms with E-state index < -0.39 is 0 Å². The maximum absolute atomic E-state index is 12.6. The Bertz CT molecular complexity index is 1620. The van der Waals surface area contributed by atoms with Crippen LogP contribution in [0.3, 0.4) is 0 Å². The number of ether oxygens (including phenoxy) is 2. The molecule has 0 radical (unpaired) electrons. The molecule has 0 saturated heterocycles. The quantitative estimate of drug-likeness (QED) is 0.0338. The molecule has 0 aliphatic rings. The minimum absolute atomic E-state index is 0.316. The fourth-order valence-electron chi connectivity index (χ4n) is 7.11. The molecule has 0 aliphatic heterocycles. The molecule has 0 atom stereocenters. The number of carbonyl (C=O) groups excluding carboxylic acids is 1. The Kier molecular flexibility index (Phi) is 24.7. The van der Waals surface area contributed by atoms with Crippen molar-refractivity contribution in [3.8, 4) is 39.4 Å². The van der Waals surface area contributed by atoms with E-state index in [9.17, 15) is 4.79 Å². The Morgan fingerprint density at radius 2 is 1.05 bits per heavy atom. The summed E-state index contributed by atoms with van der Waals surface area (Å²) in [5.41, 5.74) is 8.33. The number of nitrogens with zero attached hydrogens (tertiary/aromatic N) is 2. The van der Waals surface area contributed by atoms with Crippen molar-refractivity contribution in [3.63, 3.8) is 0 Å². The molecule has 2 aromatic carbocycles. The summed E-state index contributed by atoms with van der Waals surface area (Å²) in [6.45, 7) is 10.0. The van der Waals surface area contributed by atoms with E-state index in [1.807, 2.05) is 36.5 Å². The molecule has 0 aliphatic carbocycles. The summed E-state index contributed by atoms with van der Waals surface area (Å²) in [6.07, 6.45) is 29.3. The van der Waals surface area contributed by atoms with Crippen LogP contribution in [-0.2, 0) is 23.5 Å². The Morgan fingerprint density at radius 1 is 0.589 bits per heavy atom. The van der Waals surface area contributed by atoms with E-state index in [1.54, 1.807) is 31.0 Å². The number of benzene rings is 2. The van der Waals surface area contributed by atoms with Gasteiger partial charge >= 0.3 is 34.2 Å². The van der Waals surface area contributed by atoms with Gasteiger partial charge in [0.1, 0.15) is 5.75 Å². The molecule has 2 heterocycles. The molecule has 0 unspecified atom stereocenters. The van der Waals surface area contributed by atoms with Gasteiger partial charge in [-0.1, -0.05) is 165 Å². The first kappa shape index (κ1) is 47.4. The first-order valence-corrected chi connectivity index (χ1v) is 24.3. The predicted octanol–water partition coefficient (Wildman–Crippen LogP) is 15.0. The molecule has 0 saturated carbocycles. The fourth-order valence-corrected chi connectivity index (χ4v) is 7.11. The number of esters is 1. The Balaban J connectivity index is 0.00000414. The third-order valence-corrected chi connectivity index (χ3v) is 10.4. The van der Waals surface area contributed by atoms with Crippen LogP contribution in [0, 0.1) is 19.9 Å². The van der Waals surface area contributed by atoms with Gasteiger partial charge in [-0.05, 0) is 61.1 Å². The summed E-state index contributed by atoms with van der Waals surface area (Å²) in [5, 5.41) is 0. The molecule has 5 nitrogen and oxygen atoms in total. The molecule has 7 heteroatoms. The molecule has 4 rings (SSSR count). The van der Waals surface area contributed by atoms with Crippen LogP contribution in [0.15, 0.2) is 67.0 Å². The van der Waals surface area contributed by atoms with Gasteiger partial charge in [0.15, 0.2) is 0 Å². The summed E-state index contributed by atoms with van der Waals surface area (Å²) in [6, 6.07) is 21.7. The molecule has 0 N–H and O–H groups in total. The Hall–Kier alpha value is -3.01. The van der Waals surface area contributed by atoms with Gasteiger partial charge in [0.05, 0.1) is 18.8 Å². The van der Waals surface area contributed by atoms with E-state index in [0.29, 0.717) is 12.2 Å². The monoisotopic (exact) mass is 961 g/mol. The van der Waals surface area contributed by atoms with Crippen molar-refractivity contribution in [1.82, 2.24) is 9.97 Å². The van der Waals surface area contributed by atoms with Crippen molar-refractivity contribution in [2.24, 2.45) is 0 Å². The Morgan fingerprint density at radius 3 is 1.52 bits per heavy atom. The summed E-state index contributed by atoms with van der Waals surface area (Å²) < 4.78 is 11.8. The van der Waals surface area contributed by atoms with Gasteiger partial charge in [-0.2, -0.15) is 0 Å². The number of rotatable bonds is 27. The van der Waals surface area contributed by atoms with Crippen LogP contribution in [0.5, 0.6) is 5.75 Å². The second-order valence-electron chi connectivity index (χ2n) is 15.1. The van der Waals surface area contributed by atoms with Crippen molar-refractivity contribution >= 4 is 15.4 Å². The van der Waals surface area contributed by atoms with Gasteiger partial charge in [0, 0.05) is 23.8 Å². The predicted molar refractivity (Wildman–Crippen MR) is 232 cm³/mol. The van der Waals surface area contributed by atoms with Gasteiger partial charge in [-0.25, -0.2) is 4.79 Å². The van der Waals surface area contributed by atoms with Gasteiger partial charge in [-0.15, -0.1) is 24.3 Å². The van der Waals surface area contributed by atoms with E-state index in [4.69, 9.17) is 14.5 Å². The average Bonchev–Trinajstić information content (AvgIpc) is 3.23. The van der Waals surface area contributed by atoms with E-state index in [0.717, 1.165) is 76.4 Å². The van der Waals surface area contributed by atoms with E-state index in [1.165, 1.54) is 109 Å². The van der Waals surface area contributed by atoms with Crippen molar-refractivity contribution in [3.05, 3.63) is 89.7 Å². The molecule has 0 spiro atoms. The zero-order chi connectivity index (χ0) is 40.2. The van der Waals surface area contributed by atoms with E-state index in [-0.39, 0.29) is 5.97 Å². The molecule has 0 fully saturated rings. The molecule has 0 amide bonds. The number of hydrogen-bond donors (Lipinski definition) is 0. The summed E-state index contributed by atoms with van der Waals surface area (Å²) in [5.74, 6) is 0.692. The Labute approximate surface area is 355 Å². The van der Waals surface area contributed by atoms with Crippen molar-refractivity contribution in [2.75, 3.05) is 13.2 Å². The SMILES string of the molecule is CCCCCCCCCCCCOC(=O)c1ccc(-c2[c-]c(-c3ccc(-c4cc(C)c(OCCCCCCCCCCCC)c(C)c4)cn3)ccc2)nc1.[Cl][Pt+]. The number of carbonyl (C=O) groups is 1.